The van der Waals surface area contributed by atoms with Crippen LogP contribution in [0.1, 0.15) is 57.3 Å². The van der Waals surface area contributed by atoms with Gasteiger partial charge in [-0.05, 0) is 51.6 Å². The topological polar surface area (TPSA) is 83.3 Å². The van der Waals surface area contributed by atoms with Gasteiger partial charge >= 0.3 is 0 Å². The van der Waals surface area contributed by atoms with Crippen molar-refractivity contribution in [2.45, 2.75) is 58.0 Å². The molecule has 1 amide bonds. The molecule has 142 valence electrons. The molecular formula is C17H30ClN5O2. The second kappa shape index (κ2) is 9.50. The molecule has 8 heteroatoms. The number of nitrogens with zero attached hydrogens (tertiary/aromatic N) is 3. The smallest absolute Gasteiger partial charge is 0.243 e. The van der Waals surface area contributed by atoms with Crippen LogP contribution in [0.4, 0.5) is 0 Å². The van der Waals surface area contributed by atoms with Crippen molar-refractivity contribution >= 4 is 18.3 Å². The van der Waals surface area contributed by atoms with Gasteiger partial charge in [0.05, 0.1) is 12.1 Å². The molecule has 2 fully saturated rings. The number of hydrogen-bond donors (Lipinski definition) is 2. The highest BCUT2D eigenvalue weighted by Gasteiger charge is 2.28. The van der Waals surface area contributed by atoms with E-state index >= 15 is 0 Å². The van der Waals surface area contributed by atoms with E-state index in [1.54, 1.807) is 0 Å². The molecule has 2 N–H and O–H groups in total. The molecule has 7 nitrogen and oxygen atoms in total. The van der Waals surface area contributed by atoms with Gasteiger partial charge in [-0.1, -0.05) is 12.1 Å². The zero-order chi connectivity index (χ0) is 16.9. The van der Waals surface area contributed by atoms with Crippen molar-refractivity contribution in [2.75, 3.05) is 26.2 Å². The Morgan fingerprint density at radius 1 is 1.44 bits per heavy atom. The Morgan fingerprint density at radius 2 is 2.28 bits per heavy atom. The zero-order valence-electron chi connectivity index (χ0n) is 15.2. The molecular weight excluding hydrogens is 342 g/mol. The number of halogens is 1. The molecule has 1 aromatic heterocycles. The third kappa shape index (κ3) is 5.15. The zero-order valence-corrected chi connectivity index (χ0v) is 16.0. The number of nitrogens with one attached hydrogen (secondary N) is 2. The molecule has 3 atom stereocenters. The summed E-state index contributed by atoms with van der Waals surface area (Å²) in [6.45, 7) is 7.86. The van der Waals surface area contributed by atoms with Crippen LogP contribution in [0.2, 0.25) is 0 Å². The number of carbonyl (C=O) groups is 1. The SMILES string of the molecule is CCc1noc(C(C)N2CCCC(CNC(=O)C3CCCN3)C2)n1.Cl. The average Bonchev–Trinajstić information content (AvgIpc) is 3.30. The third-order valence-corrected chi connectivity index (χ3v) is 5.20. The summed E-state index contributed by atoms with van der Waals surface area (Å²) in [6, 6.07) is 0.141. The molecule has 3 heterocycles. The van der Waals surface area contributed by atoms with Crippen LogP contribution in [-0.4, -0.2) is 53.2 Å². The molecule has 0 spiro atoms. The lowest BCUT2D eigenvalue weighted by molar-refractivity contribution is -0.123. The number of carbonyl (C=O) groups excluding carboxylic acids is 1. The summed E-state index contributed by atoms with van der Waals surface area (Å²) in [7, 11) is 0. The first-order chi connectivity index (χ1) is 11.7. The average molecular weight is 372 g/mol. The molecule has 0 saturated carbocycles. The van der Waals surface area contributed by atoms with Gasteiger partial charge in [-0.3, -0.25) is 9.69 Å². The summed E-state index contributed by atoms with van der Waals surface area (Å²) < 4.78 is 5.39. The number of piperidine rings is 1. The lowest BCUT2D eigenvalue weighted by atomic mass is 9.96. The second-order valence-electron chi connectivity index (χ2n) is 6.98. The normalized spacial score (nSPS) is 25.4. The highest BCUT2D eigenvalue weighted by Crippen LogP contribution is 2.25. The second-order valence-corrected chi connectivity index (χ2v) is 6.98. The molecule has 2 aliphatic heterocycles. The quantitative estimate of drug-likeness (QED) is 0.791. The summed E-state index contributed by atoms with van der Waals surface area (Å²) in [6.07, 6.45) is 5.14. The van der Waals surface area contributed by atoms with Crippen LogP contribution in [0, 0.1) is 5.92 Å². The highest BCUT2D eigenvalue weighted by molar-refractivity contribution is 5.85. The van der Waals surface area contributed by atoms with Crippen LogP contribution >= 0.6 is 12.4 Å². The maximum absolute atomic E-state index is 12.1. The Morgan fingerprint density at radius 3 is 2.96 bits per heavy atom. The maximum atomic E-state index is 12.1. The van der Waals surface area contributed by atoms with Gasteiger partial charge in [0.25, 0.3) is 0 Å². The van der Waals surface area contributed by atoms with Crippen molar-refractivity contribution in [3.63, 3.8) is 0 Å². The summed E-state index contributed by atoms with van der Waals surface area (Å²) in [5, 5.41) is 10.4. The van der Waals surface area contributed by atoms with Gasteiger partial charge in [0.15, 0.2) is 5.82 Å². The van der Waals surface area contributed by atoms with Crippen molar-refractivity contribution in [3.8, 4) is 0 Å². The Hall–Kier alpha value is -1.18. The summed E-state index contributed by atoms with van der Waals surface area (Å²) >= 11 is 0. The molecule has 0 aromatic carbocycles. The number of likely N-dealkylation sites (tertiary alicyclic amines) is 1. The molecule has 3 unspecified atom stereocenters. The van der Waals surface area contributed by atoms with Crippen LogP contribution in [0.25, 0.3) is 0 Å². The van der Waals surface area contributed by atoms with E-state index in [9.17, 15) is 4.79 Å². The fourth-order valence-electron chi connectivity index (χ4n) is 3.63. The molecule has 2 aliphatic rings. The van der Waals surface area contributed by atoms with Crippen LogP contribution in [0.5, 0.6) is 0 Å². The van der Waals surface area contributed by atoms with Crippen molar-refractivity contribution in [1.82, 2.24) is 25.7 Å². The number of hydrogen-bond acceptors (Lipinski definition) is 6. The van der Waals surface area contributed by atoms with Crippen LogP contribution in [-0.2, 0) is 11.2 Å². The first-order valence-electron chi connectivity index (χ1n) is 9.25. The van der Waals surface area contributed by atoms with E-state index in [1.165, 1.54) is 0 Å². The fourth-order valence-corrected chi connectivity index (χ4v) is 3.63. The van der Waals surface area contributed by atoms with E-state index < -0.39 is 0 Å². The molecule has 2 saturated heterocycles. The Bertz CT molecular complexity index is 547. The van der Waals surface area contributed by atoms with Gasteiger partial charge in [0.2, 0.25) is 11.8 Å². The molecule has 0 bridgehead atoms. The molecule has 0 aliphatic carbocycles. The minimum Gasteiger partial charge on any atom is -0.354 e. The Kier molecular flexibility index (Phi) is 7.65. The first kappa shape index (κ1) is 20.1. The Labute approximate surface area is 155 Å². The predicted octanol–water partition coefficient (Wildman–Crippen LogP) is 1.69. The number of amides is 1. The molecule has 25 heavy (non-hydrogen) atoms. The monoisotopic (exact) mass is 371 g/mol. The van der Waals surface area contributed by atoms with Gasteiger partial charge in [-0.25, -0.2) is 0 Å². The van der Waals surface area contributed by atoms with E-state index in [-0.39, 0.29) is 30.4 Å². The van der Waals surface area contributed by atoms with Gasteiger partial charge in [-0.15, -0.1) is 12.4 Å². The van der Waals surface area contributed by atoms with E-state index in [2.05, 4.69) is 32.6 Å². The van der Waals surface area contributed by atoms with Crippen LogP contribution in [0.3, 0.4) is 0 Å². The van der Waals surface area contributed by atoms with E-state index in [0.29, 0.717) is 11.8 Å². The van der Waals surface area contributed by atoms with Crippen molar-refractivity contribution in [2.24, 2.45) is 5.92 Å². The summed E-state index contributed by atoms with van der Waals surface area (Å²) in [5.41, 5.74) is 0. The lowest BCUT2D eigenvalue weighted by Crippen LogP contribution is -2.45. The predicted molar refractivity (Wildman–Crippen MR) is 97.7 cm³/mol. The Balaban J connectivity index is 0.00000225. The van der Waals surface area contributed by atoms with E-state index in [1.807, 2.05) is 6.92 Å². The van der Waals surface area contributed by atoms with E-state index in [4.69, 9.17) is 4.52 Å². The van der Waals surface area contributed by atoms with Crippen molar-refractivity contribution in [1.29, 1.82) is 0 Å². The highest BCUT2D eigenvalue weighted by atomic mass is 35.5. The number of rotatable bonds is 6. The summed E-state index contributed by atoms with van der Waals surface area (Å²) in [4.78, 5) is 19.0. The molecule has 1 aromatic rings. The number of aromatic nitrogens is 2. The van der Waals surface area contributed by atoms with Gasteiger partial charge in [-0.2, -0.15) is 4.98 Å². The molecule has 0 radical (unpaired) electrons. The van der Waals surface area contributed by atoms with Gasteiger partial charge < -0.3 is 15.2 Å². The third-order valence-electron chi connectivity index (χ3n) is 5.20. The van der Waals surface area contributed by atoms with E-state index in [0.717, 1.165) is 64.1 Å². The minimum absolute atomic E-state index is 0. The van der Waals surface area contributed by atoms with Gasteiger partial charge in [0, 0.05) is 19.5 Å². The largest absolute Gasteiger partial charge is 0.354 e. The summed E-state index contributed by atoms with van der Waals surface area (Å²) in [5.74, 6) is 2.11. The van der Waals surface area contributed by atoms with Gasteiger partial charge in [0.1, 0.15) is 0 Å². The van der Waals surface area contributed by atoms with Crippen LogP contribution in [0.15, 0.2) is 4.52 Å². The standard InChI is InChI=1S/C17H29N5O2.ClH/c1-3-15-20-17(24-21-15)12(2)22-9-5-6-13(11-22)10-19-16(23)14-7-4-8-18-14;/h12-14,18H,3-11H2,1-2H3,(H,19,23);1H. The lowest BCUT2D eigenvalue weighted by Gasteiger charge is -2.35. The first-order valence-corrected chi connectivity index (χ1v) is 9.25. The van der Waals surface area contributed by atoms with Crippen molar-refractivity contribution in [3.05, 3.63) is 11.7 Å². The van der Waals surface area contributed by atoms with Crippen molar-refractivity contribution < 1.29 is 9.32 Å². The maximum Gasteiger partial charge on any atom is 0.243 e. The van der Waals surface area contributed by atoms with Crippen LogP contribution < -0.4 is 10.6 Å². The number of aryl methyl sites for hydroxylation is 1. The fraction of sp³-hybridized carbons (Fsp3) is 0.824. The minimum atomic E-state index is 0. The molecule has 3 rings (SSSR count).